The van der Waals surface area contributed by atoms with Crippen LogP contribution < -0.4 is 5.73 Å². The first kappa shape index (κ1) is 11.2. The van der Waals surface area contributed by atoms with Gasteiger partial charge in [0, 0.05) is 10.4 Å². The van der Waals surface area contributed by atoms with Crippen molar-refractivity contribution < 1.29 is 4.42 Å². The minimum absolute atomic E-state index is 0.598. The fourth-order valence-electron chi connectivity index (χ4n) is 2.12. The molecule has 0 fully saturated rings. The molecule has 2 heterocycles. The number of hydrogen-bond donors (Lipinski definition) is 1. The number of aryl methyl sites for hydroxylation is 2. The minimum atomic E-state index is 0.598. The maximum absolute atomic E-state index is 5.75. The van der Waals surface area contributed by atoms with Gasteiger partial charge in [-0.2, -0.15) is 0 Å². The largest absolute Gasteiger partial charge is 0.443 e. The Morgan fingerprint density at radius 1 is 1.39 bits per heavy atom. The van der Waals surface area contributed by atoms with Gasteiger partial charge in [-0.15, -0.1) is 11.3 Å². The maximum Gasteiger partial charge on any atom is 0.181 e. The zero-order chi connectivity index (χ0) is 12.7. The quantitative estimate of drug-likeness (QED) is 0.766. The van der Waals surface area contributed by atoms with Crippen molar-refractivity contribution in [3.63, 3.8) is 0 Å². The molecule has 18 heavy (non-hydrogen) atoms. The molecule has 5 heteroatoms. The molecule has 3 rings (SSSR count). The lowest BCUT2D eigenvalue weighted by atomic mass is 10.0. The number of rotatable bonds is 2. The molecule has 2 aromatic heterocycles. The van der Waals surface area contributed by atoms with Crippen molar-refractivity contribution in [3.05, 3.63) is 29.0 Å². The summed E-state index contributed by atoms with van der Waals surface area (Å²) in [6, 6.07) is 4.11. The highest BCUT2D eigenvalue weighted by Gasteiger charge is 2.13. The lowest BCUT2D eigenvalue weighted by molar-refractivity contribution is 0.598. The summed E-state index contributed by atoms with van der Waals surface area (Å²) in [6.45, 7) is 4.13. The van der Waals surface area contributed by atoms with Crippen molar-refractivity contribution in [2.24, 2.45) is 0 Å². The molecule has 3 aromatic rings. The SMILES string of the molecule is CCc1cc(-c2nc(N)sc2C)cc2ncoc12. The van der Waals surface area contributed by atoms with Crippen LogP contribution in [0.4, 0.5) is 5.13 Å². The van der Waals surface area contributed by atoms with Crippen LogP contribution in [0.5, 0.6) is 0 Å². The molecule has 4 nitrogen and oxygen atoms in total. The Balaban J connectivity index is 2.26. The minimum Gasteiger partial charge on any atom is -0.443 e. The molecule has 92 valence electrons. The summed E-state index contributed by atoms with van der Waals surface area (Å²) in [4.78, 5) is 9.74. The Bertz CT molecular complexity index is 714. The van der Waals surface area contributed by atoms with Crippen molar-refractivity contribution in [3.8, 4) is 11.3 Å². The van der Waals surface area contributed by atoms with Gasteiger partial charge >= 0.3 is 0 Å². The predicted molar refractivity (Wildman–Crippen MR) is 73.6 cm³/mol. The first-order valence-corrected chi connectivity index (χ1v) is 6.60. The molecule has 0 aliphatic rings. The smallest absolute Gasteiger partial charge is 0.181 e. The van der Waals surface area contributed by atoms with Crippen LogP contribution in [0.3, 0.4) is 0 Å². The first-order valence-electron chi connectivity index (χ1n) is 5.78. The Morgan fingerprint density at radius 2 is 2.22 bits per heavy atom. The Hall–Kier alpha value is -1.88. The molecule has 0 spiro atoms. The fourth-order valence-corrected chi connectivity index (χ4v) is 2.83. The number of aromatic nitrogens is 2. The lowest BCUT2D eigenvalue weighted by Gasteiger charge is -2.03. The van der Waals surface area contributed by atoms with Crippen molar-refractivity contribution in [2.75, 3.05) is 5.73 Å². The summed E-state index contributed by atoms with van der Waals surface area (Å²) in [6.07, 6.45) is 2.38. The molecule has 0 bridgehead atoms. The van der Waals surface area contributed by atoms with Crippen molar-refractivity contribution in [2.45, 2.75) is 20.3 Å². The van der Waals surface area contributed by atoms with Gasteiger partial charge in [0.2, 0.25) is 0 Å². The van der Waals surface area contributed by atoms with Crippen LogP contribution in [-0.4, -0.2) is 9.97 Å². The highest BCUT2D eigenvalue weighted by atomic mass is 32.1. The third kappa shape index (κ3) is 1.67. The fraction of sp³-hybridized carbons (Fsp3) is 0.231. The molecule has 1 aromatic carbocycles. The second-order valence-electron chi connectivity index (χ2n) is 4.15. The van der Waals surface area contributed by atoms with E-state index in [0.29, 0.717) is 5.13 Å². The topological polar surface area (TPSA) is 64.9 Å². The van der Waals surface area contributed by atoms with E-state index in [9.17, 15) is 0 Å². The van der Waals surface area contributed by atoms with Crippen LogP contribution in [0.15, 0.2) is 22.9 Å². The number of hydrogen-bond acceptors (Lipinski definition) is 5. The van der Waals surface area contributed by atoms with E-state index < -0.39 is 0 Å². The number of nitrogens with two attached hydrogens (primary N) is 1. The molecule has 0 saturated carbocycles. The van der Waals surface area contributed by atoms with E-state index in [4.69, 9.17) is 10.2 Å². The lowest BCUT2D eigenvalue weighted by Crippen LogP contribution is -1.88. The van der Waals surface area contributed by atoms with E-state index in [1.807, 2.05) is 13.0 Å². The van der Waals surface area contributed by atoms with Gasteiger partial charge in [0.05, 0.1) is 5.69 Å². The summed E-state index contributed by atoms with van der Waals surface area (Å²) < 4.78 is 5.41. The summed E-state index contributed by atoms with van der Waals surface area (Å²) in [5.74, 6) is 0. The van der Waals surface area contributed by atoms with Gasteiger partial charge in [0.25, 0.3) is 0 Å². The molecule has 0 saturated heterocycles. The van der Waals surface area contributed by atoms with Gasteiger partial charge in [0.1, 0.15) is 5.52 Å². The summed E-state index contributed by atoms with van der Waals surface area (Å²) in [7, 11) is 0. The highest BCUT2D eigenvalue weighted by molar-refractivity contribution is 7.15. The molecule has 0 unspecified atom stereocenters. The van der Waals surface area contributed by atoms with Crippen LogP contribution >= 0.6 is 11.3 Å². The Labute approximate surface area is 108 Å². The molecule has 0 aliphatic carbocycles. The second-order valence-corrected chi connectivity index (χ2v) is 5.38. The number of nitrogens with zero attached hydrogens (tertiary/aromatic N) is 2. The number of fused-ring (bicyclic) bond motifs is 1. The zero-order valence-electron chi connectivity index (χ0n) is 10.2. The molecule has 0 atom stereocenters. The molecular formula is C13H13N3OS. The van der Waals surface area contributed by atoms with E-state index in [1.54, 1.807) is 0 Å². The summed E-state index contributed by atoms with van der Waals surface area (Å²) in [5, 5.41) is 0.598. The van der Waals surface area contributed by atoms with Gasteiger partial charge < -0.3 is 10.2 Å². The monoisotopic (exact) mass is 259 g/mol. The van der Waals surface area contributed by atoms with Crippen LogP contribution in [0.25, 0.3) is 22.4 Å². The average molecular weight is 259 g/mol. The molecule has 0 amide bonds. The third-order valence-electron chi connectivity index (χ3n) is 2.98. The van der Waals surface area contributed by atoms with E-state index in [-0.39, 0.29) is 0 Å². The molecule has 0 aliphatic heterocycles. The number of nitrogen functional groups attached to an aromatic ring is 1. The first-order chi connectivity index (χ1) is 8.69. The number of anilines is 1. The molecule has 0 radical (unpaired) electrons. The van der Waals surface area contributed by atoms with Gasteiger partial charge in [0.15, 0.2) is 17.1 Å². The van der Waals surface area contributed by atoms with E-state index in [1.165, 1.54) is 17.7 Å². The van der Waals surface area contributed by atoms with Crippen molar-refractivity contribution >= 4 is 27.6 Å². The number of oxazole rings is 1. The molecular weight excluding hydrogens is 246 g/mol. The Morgan fingerprint density at radius 3 is 2.89 bits per heavy atom. The standard InChI is InChI=1S/C13H13N3OS/c1-3-8-4-9(5-10-12(8)17-6-15-10)11-7(2)18-13(14)16-11/h4-6H,3H2,1-2H3,(H2,14,16). The van der Waals surface area contributed by atoms with Crippen LogP contribution in [0, 0.1) is 6.92 Å². The van der Waals surface area contributed by atoms with Crippen LogP contribution in [0.1, 0.15) is 17.4 Å². The summed E-state index contributed by atoms with van der Waals surface area (Å²) >= 11 is 1.51. The van der Waals surface area contributed by atoms with Gasteiger partial charge in [-0.25, -0.2) is 9.97 Å². The van der Waals surface area contributed by atoms with Crippen LogP contribution in [0.2, 0.25) is 0 Å². The van der Waals surface area contributed by atoms with Crippen molar-refractivity contribution in [1.82, 2.24) is 9.97 Å². The van der Waals surface area contributed by atoms with Crippen LogP contribution in [-0.2, 0) is 6.42 Å². The molecule has 2 N–H and O–H groups in total. The van der Waals surface area contributed by atoms with E-state index in [0.717, 1.165) is 39.2 Å². The highest BCUT2D eigenvalue weighted by Crippen LogP contribution is 2.32. The second kappa shape index (κ2) is 4.10. The predicted octanol–water partition coefficient (Wildman–Crippen LogP) is 3.40. The number of benzene rings is 1. The normalized spacial score (nSPS) is 11.2. The van der Waals surface area contributed by atoms with Gasteiger partial charge in [-0.1, -0.05) is 6.92 Å². The summed E-state index contributed by atoms with van der Waals surface area (Å²) in [5.41, 5.74) is 10.6. The Kier molecular flexibility index (Phi) is 2.56. The third-order valence-corrected chi connectivity index (χ3v) is 3.78. The zero-order valence-corrected chi connectivity index (χ0v) is 11.0. The van der Waals surface area contributed by atoms with E-state index >= 15 is 0 Å². The average Bonchev–Trinajstić information content (AvgIpc) is 2.93. The maximum atomic E-state index is 5.75. The number of thiazole rings is 1. The van der Waals surface area contributed by atoms with Gasteiger partial charge in [-0.3, -0.25) is 0 Å². The van der Waals surface area contributed by atoms with Gasteiger partial charge in [-0.05, 0) is 31.0 Å². The van der Waals surface area contributed by atoms with E-state index in [2.05, 4.69) is 23.0 Å². The van der Waals surface area contributed by atoms with Crippen molar-refractivity contribution in [1.29, 1.82) is 0 Å².